The van der Waals surface area contributed by atoms with Crippen LogP contribution < -0.4 is 10.9 Å². The molecule has 3 rings (SSSR count). The molecule has 0 radical (unpaired) electrons. The molecule has 0 aliphatic rings. The lowest BCUT2D eigenvalue weighted by Crippen LogP contribution is -2.36. The van der Waals surface area contributed by atoms with Crippen LogP contribution in [0.1, 0.15) is 23.0 Å². The van der Waals surface area contributed by atoms with Crippen LogP contribution in [0.15, 0.2) is 69.9 Å². The van der Waals surface area contributed by atoms with Gasteiger partial charge in [0.15, 0.2) is 0 Å². The molecule has 1 heterocycles. The summed E-state index contributed by atoms with van der Waals surface area (Å²) in [6, 6.07) is 15.7. The van der Waals surface area contributed by atoms with Crippen molar-refractivity contribution in [2.24, 2.45) is 0 Å². The first kappa shape index (κ1) is 19.0. The van der Waals surface area contributed by atoms with E-state index in [1.54, 1.807) is 0 Å². The Bertz CT molecular complexity index is 1000. The quantitative estimate of drug-likeness (QED) is 0.674. The Morgan fingerprint density at radius 2 is 1.78 bits per heavy atom. The lowest BCUT2D eigenvalue weighted by molar-refractivity contribution is 0.0933. The number of halogens is 2. The summed E-state index contributed by atoms with van der Waals surface area (Å²) in [5.74, 6) is -0.794. The molecular formula is C20H17BrFN3O2. The molecule has 1 aromatic heterocycles. The molecule has 0 saturated heterocycles. The van der Waals surface area contributed by atoms with Gasteiger partial charge in [-0.1, -0.05) is 28.1 Å². The molecule has 0 saturated carbocycles. The van der Waals surface area contributed by atoms with Crippen molar-refractivity contribution in [2.75, 3.05) is 0 Å². The van der Waals surface area contributed by atoms with Crippen LogP contribution in [0.2, 0.25) is 0 Å². The van der Waals surface area contributed by atoms with Gasteiger partial charge >= 0.3 is 0 Å². The van der Waals surface area contributed by atoms with Gasteiger partial charge in [0.1, 0.15) is 11.5 Å². The Balaban J connectivity index is 1.74. The first-order valence-electron chi connectivity index (χ1n) is 8.34. The predicted octanol–water partition coefficient (Wildman–Crippen LogP) is 3.50. The molecule has 5 nitrogen and oxygen atoms in total. The minimum Gasteiger partial charge on any atom is -0.348 e. The second kappa shape index (κ2) is 8.26. The Kier molecular flexibility index (Phi) is 5.81. The maximum atomic E-state index is 13.1. The Morgan fingerprint density at radius 3 is 2.44 bits per heavy atom. The fourth-order valence-corrected chi connectivity index (χ4v) is 2.89. The highest BCUT2D eigenvalue weighted by Crippen LogP contribution is 2.12. The number of nitrogens with one attached hydrogen (secondary N) is 1. The molecule has 0 spiro atoms. The maximum absolute atomic E-state index is 13.1. The number of aromatic nitrogens is 2. The second-order valence-electron chi connectivity index (χ2n) is 6.15. The zero-order valence-corrected chi connectivity index (χ0v) is 16.1. The third-order valence-electron chi connectivity index (χ3n) is 3.94. The van der Waals surface area contributed by atoms with Gasteiger partial charge in [-0.05, 0) is 61.4 Å². The average Bonchev–Trinajstić information content (AvgIpc) is 2.65. The lowest BCUT2D eigenvalue weighted by atomic mass is 10.1. The van der Waals surface area contributed by atoms with Crippen LogP contribution in [-0.2, 0) is 6.42 Å². The number of hydrogen-bond donors (Lipinski definition) is 1. The first-order chi connectivity index (χ1) is 12.9. The molecule has 3 aromatic rings. The van der Waals surface area contributed by atoms with Gasteiger partial charge in [-0.2, -0.15) is 9.78 Å². The molecule has 0 fully saturated rings. The van der Waals surface area contributed by atoms with Crippen LogP contribution in [-0.4, -0.2) is 21.7 Å². The molecule has 2 aromatic carbocycles. The van der Waals surface area contributed by atoms with Gasteiger partial charge in [-0.15, -0.1) is 0 Å². The molecule has 1 atom stereocenters. The van der Waals surface area contributed by atoms with Crippen LogP contribution in [0.25, 0.3) is 5.69 Å². The maximum Gasteiger partial charge on any atom is 0.271 e. The van der Waals surface area contributed by atoms with E-state index in [9.17, 15) is 14.0 Å². The second-order valence-corrected chi connectivity index (χ2v) is 7.07. The normalized spacial score (nSPS) is 11.8. The number of nitrogens with zero attached hydrogens (tertiary/aromatic N) is 2. The number of benzene rings is 2. The highest BCUT2D eigenvalue weighted by Gasteiger charge is 2.14. The van der Waals surface area contributed by atoms with E-state index in [0.717, 1.165) is 14.7 Å². The molecular weight excluding hydrogens is 413 g/mol. The molecule has 1 amide bonds. The highest BCUT2D eigenvalue weighted by atomic mass is 79.9. The van der Waals surface area contributed by atoms with E-state index in [1.807, 2.05) is 31.2 Å². The molecule has 0 aliphatic carbocycles. The summed E-state index contributed by atoms with van der Waals surface area (Å²) in [5.41, 5.74) is 1.19. The Labute approximate surface area is 164 Å². The van der Waals surface area contributed by atoms with Gasteiger partial charge in [-0.25, -0.2) is 4.39 Å². The fraction of sp³-hybridized carbons (Fsp3) is 0.150. The average molecular weight is 430 g/mol. The third kappa shape index (κ3) is 4.89. The van der Waals surface area contributed by atoms with Gasteiger partial charge in [-0.3, -0.25) is 9.59 Å². The summed E-state index contributed by atoms with van der Waals surface area (Å²) in [6.07, 6.45) is 0.663. The lowest BCUT2D eigenvalue weighted by Gasteiger charge is -2.14. The van der Waals surface area contributed by atoms with Crippen molar-refractivity contribution in [3.05, 3.63) is 92.6 Å². The minimum absolute atomic E-state index is 0.113. The van der Waals surface area contributed by atoms with E-state index in [1.165, 1.54) is 36.4 Å². The molecule has 27 heavy (non-hydrogen) atoms. The smallest absolute Gasteiger partial charge is 0.271 e. The van der Waals surface area contributed by atoms with E-state index in [2.05, 4.69) is 26.3 Å². The van der Waals surface area contributed by atoms with E-state index < -0.39 is 11.4 Å². The Hall–Kier alpha value is -2.80. The van der Waals surface area contributed by atoms with Crippen LogP contribution in [0, 0.1) is 5.82 Å². The van der Waals surface area contributed by atoms with E-state index in [-0.39, 0.29) is 17.6 Å². The zero-order chi connectivity index (χ0) is 19.4. The molecule has 1 N–H and O–H groups in total. The summed E-state index contributed by atoms with van der Waals surface area (Å²) >= 11 is 3.39. The summed E-state index contributed by atoms with van der Waals surface area (Å²) in [4.78, 5) is 24.5. The topological polar surface area (TPSA) is 64.0 Å². The van der Waals surface area contributed by atoms with Crippen LogP contribution in [0.5, 0.6) is 0 Å². The van der Waals surface area contributed by atoms with Crippen molar-refractivity contribution in [2.45, 2.75) is 19.4 Å². The number of carbonyl (C=O) groups is 1. The summed E-state index contributed by atoms with van der Waals surface area (Å²) in [5, 5.41) is 6.99. The molecule has 0 aliphatic heterocycles. The van der Waals surface area contributed by atoms with E-state index >= 15 is 0 Å². The van der Waals surface area contributed by atoms with Crippen LogP contribution in [0.4, 0.5) is 4.39 Å². The predicted molar refractivity (Wildman–Crippen MR) is 105 cm³/mol. The first-order valence-corrected chi connectivity index (χ1v) is 9.13. The van der Waals surface area contributed by atoms with Crippen molar-refractivity contribution < 1.29 is 9.18 Å². The van der Waals surface area contributed by atoms with E-state index in [0.29, 0.717) is 12.1 Å². The number of rotatable bonds is 5. The van der Waals surface area contributed by atoms with Crippen molar-refractivity contribution in [1.82, 2.24) is 15.1 Å². The fourth-order valence-electron chi connectivity index (χ4n) is 2.62. The molecule has 138 valence electrons. The minimum atomic E-state index is -0.414. The largest absolute Gasteiger partial charge is 0.348 e. The van der Waals surface area contributed by atoms with E-state index in [4.69, 9.17) is 0 Å². The zero-order valence-electron chi connectivity index (χ0n) is 14.5. The van der Waals surface area contributed by atoms with Gasteiger partial charge in [0.2, 0.25) is 0 Å². The van der Waals surface area contributed by atoms with Crippen molar-refractivity contribution >= 4 is 21.8 Å². The number of carbonyl (C=O) groups excluding carboxylic acids is 1. The Morgan fingerprint density at radius 1 is 1.11 bits per heavy atom. The monoisotopic (exact) mass is 429 g/mol. The van der Waals surface area contributed by atoms with Gasteiger partial charge in [0, 0.05) is 16.6 Å². The summed E-state index contributed by atoms with van der Waals surface area (Å²) in [6.45, 7) is 1.90. The number of hydrogen-bond acceptors (Lipinski definition) is 3. The molecule has 1 unspecified atom stereocenters. The van der Waals surface area contributed by atoms with Crippen molar-refractivity contribution in [1.29, 1.82) is 0 Å². The number of amides is 1. The van der Waals surface area contributed by atoms with Gasteiger partial charge in [0.05, 0.1) is 5.69 Å². The molecule has 0 bridgehead atoms. The van der Waals surface area contributed by atoms with Crippen molar-refractivity contribution in [3.8, 4) is 5.69 Å². The van der Waals surface area contributed by atoms with Crippen LogP contribution >= 0.6 is 15.9 Å². The SMILES string of the molecule is CC(Cc1ccc(Br)cc1)NC(=O)c1ccc(=O)n(-c2ccc(F)cc2)n1. The summed E-state index contributed by atoms with van der Waals surface area (Å²) in [7, 11) is 0. The highest BCUT2D eigenvalue weighted by molar-refractivity contribution is 9.10. The van der Waals surface area contributed by atoms with Crippen molar-refractivity contribution in [3.63, 3.8) is 0 Å². The van der Waals surface area contributed by atoms with Gasteiger partial charge in [0.25, 0.3) is 11.5 Å². The summed E-state index contributed by atoms with van der Waals surface area (Å²) < 4.78 is 15.2. The standard InChI is InChI=1S/C20H17BrFN3O2/c1-13(12-14-2-4-15(21)5-3-14)23-20(27)18-10-11-19(26)25(24-18)17-8-6-16(22)7-9-17/h2-11,13H,12H2,1H3,(H,23,27). The van der Waals surface area contributed by atoms with Gasteiger partial charge < -0.3 is 5.32 Å². The third-order valence-corrected chi connectivity index (χ3v) is 4.47. The molecule has 7 heteroatoms. The van der Waals surface area contributed by atoms with Crippen LogP contribution in [0.3, 0.4) is 0 Å².